The Kier molecular flexibility index (Phi) is 7.12. The fourth-order valence-electron chi connectivity index (χ4n) is 4.37. The highest BCUT2D eigenvalue weighted by Crippen LogP contribution is 2.36. The molecule has 0 spiro atoms. The van der Waals surface area contributed by atoms with E-state index in [0.29, 0.717) is 47.3 Å². The smallest absolute Gasteiger partial charge is 0.254 e. The van der Waals surface area contributed by atoms with E-state index in [-0.39, 0.29) is 17.7 Å². The molecule has 0 radical (unpaired) electrons. The van der Waals surface area contributed by atoms with E-state index in [4.69, 9.17) is 25.8 Å². The summed E-state index contributed by atoms with van der Waals surface area (Å²) < 4.78 is 16.1. The van der Waals surface area contributed by atoms with Gasteiger partial charge in [0, 0.05) is 36.2 Å². The van der Waals surface area contributed by atoms with E-state index in [1.807, 2.05) is 30.3 Å². The number of hydrogen-bond acceptors (Lipinski definition) is 5. The molecule has 0 bridgehead atoms. The van der Waals surface area contributed by atoms with Crippen molar-refractivity contribution in [3.8, 4) is 17.2 Å². The average molecular weight is 483 g/mol. The van der Waals surface area contributed by atoms with Crippen LogP contribution in [0.2, 0.25) is 5.02 Å². The summed E-state index contributed by atoms with van der Waals surface area (Å²) in [4.78, 5) is 28.3. The van der Waals surface area contributed by atoms with Crippen LogP contribution in [0.5, 0.6) is 17.2 Å². The van der Waals surface area contributed by atoms with Gasteiger partial charge in [0.05, 0.1) is 38.0 Å². The molecule has 178 valence electrons. The lowest BCUT2D eigenvalue weighted by molar-refractivity contribution is -0.121. The molecule has 1 aliphatic rings. The molecule has 34 heavy (non-hydrogen) atoms. The van der Waals surface area contributed by atoms with E-state index >= 15 is 0 Å². The van der Waals surface area contributed by atoms with Crippen LogP contribution in [0, 0.1) is 5.92 Å². The molecular formula is C26H27ClN2O5. The van der Waals surface area contributed by atoms with Crippen LogP contribution >= 0.6 is 11.6 Å². The van der Waals surface area contributed by atoms with Gasteiger partial charge in [0.1, 0.15) is 17.2 Å². The number of anilines is 1. The molecule has 3 aromatic rings. The lowest BCUT2D eigenvalue weighted by Crippen LogP contribution is -2.43. The number of amides is 2. The van der Waals surface area contributed by atoms with E-state index in [1.165, 1.54) is 14.2 Å². The summed E-state index contributed by atoms with van der Waals surface area (Å²) >= 11 is 6.17. The van der Waals surface area contributed by atoms with Crippen LogP contribution < -0.4 is 19.5 Å². The Morgan fingerprint density at radius 2 is 1.65 bits per heavy atom. The third-order valence-electron chi connectivity index (χ3n) is 6.15. The van der Waals surface area contributed by atoms with Gasteiger partial charge in [-0.05, 0) is 30.4 Å². The van der Waals surface area contributed by atoms with Gasteiger partial charge in [-0.2, -0.15) is 0 Å². The van der Waals surface area contributed by atoms with Gasteiger partial charge < -0.3 is 24.4 Å². The minimum Gasteiger partial charge on any atom is -0.496 e. The predicted molar refractivity (Wildman–Crippen MR) is 132 cm³/mol. The van der Waals surface area contributed by atoms with E-state index < -0.39 is 0 Å². The molecule has 3 aromatic carbocycles. The SMILES string of the molecule is COc1cc(NC(=O)C2CCCN(C(=O)c3ccc(OC)c4ccccc34)C2)c(OC)cc1Cl. The Bertz CT molecular complexity index is 1230. The Balaban J connectivity index is 1.54. The molecule has 1 unspecified atom stereocenters. The Labute approximate surface area is 203 Å². The zero-order chi connectivity index (χ0) is 24.2. The topological polar surface area (TPSA) is 77.1 Å². The standard InChI is InChI=1S/C26H27ClN2O5/c1-32-22-11-10-19(17-8-4-5-9-18(17)22)26(31)29-12-6-7-16(15-29)25(30)28-21-14-23(33-2)20(27)13-24(21)34-3/h4-5,8-11,13-14,16H,6-7,12,15H2,1-3H3,(H,28,30). The van der Waals surface area contributed by atoms with Crippen molar-refractivity contribution in [3.63, 3.8) is 0 Å². The second-order valence-corrected chi connectivity index (χ2v) is 8.53. The number of nitrogens with zero attached hydrogens (tertiary/aromatic N) is 1. The second kappa shape index (κ2) is 10.2. The molecule has 1 aliphatic heterocycles. The number of likely N-dealkylation sites (tertiary alicyclic amines) is 1. The largest absolute Gasteiger partial charge is 0.496 e. The van der Waals surface area contributed by atoms with Gasteiger partial charge in [-0.3, -0.25) is 9.59 Å². The van der Waals surface area contributed by atoms with E-state index in [9.17, 15) is 9.59 Å². The van der Waals surface area contributed by atoms with Gasteiger partial charge in [-0.15, -0.1) is 0 Å². The van der Waals surface area contributed by atoms with Crippen molar-refractivity contribution >= 4 is 39.9 Å². The zero-order valence-corrected chi connectivity index (χ0v) is 20.1. The van der Waals surface area contributed by atoms with Crippen LogP contribution in [0.15, 0.2) is 48.5 Å². The van der Waals surface area contributed by atoms with Crippen LogP contribution in [0.3, 0.4) is 0 Å². The summed E-state index contributed by atoms with van der Waals surface area (Å²) in [5.74, 6) is 0.961. The minimum absolute atomic E-state index is 0.0953. The van der Waals surface area contributed by atoms with Crippen molar-refractivity contribution in [2.75, 3.05) is 39.7 Å². The van der Waals surface area contributed by atoms with Gasteiger partial charge in [0.25, 0.3) is 5.91 Å². The van der Waals surface area contributed by atoms with Crippen LogP contribution in [0.4, 0.5) is 5.69 Å². The monoisotopic (exact) mass is 482 g/mol. The van der Waals surface area contributed by atoms with Gasteiger partial charge in [-0.1, -0.05) is 35.9 Å². The number of ether oxygens (including phenoxy) is 3. The summed E-state index contributed by atoms with van der Waals surface area (Å²) in [5, 5.41) is 5.02. The lowest BCUT2D eigenvalue weighted by Gasteiger charge is -2.32. The zero-order valence-electron chi connectivity index (χ0n) is 19.4. The maximum Gasteiger partial charge on any atom is 0.254 e. The summed E-state index contributed by atoms with van der Waals surface area (Å²) in [6.07, 6.45) is 1.42. The Hall–Kier alpha value is -3.45. The fourth-order valence-corrected chi connectivity index (χ4v) is 4.61. The first-order chi connectivity index (χ1) is 16.5. The first-order valence-electron chi connectivity index (χ1n) is 11.0. The highest BCUT2D eigenvalue weighted by molar-refractivity contribution is 6.32. The van der Waals surface area contributed by atoms with Crippen molar-refractivity contribution in [3.05, 3.63) is 59.1 Å². The first-order valence-corrected chi connectivity index (χ1v) is 11.4. The van der Waals surface area contributed by atoms with Crippen molar-refractivity contribution in [2.24, 2.45) is 5.92 Å². The molecular weight excluding hydrogens is 456 g/mol. The second-order valence-electron chi connectivity index (χ2n) is 8.13. The number of halogens is 1. The number of hydrogen-bond donors (Lipinski definition) is 1. The number of rotatable bonds is 6. The van der Waals surface area contributed by atoms with Crippen LogP contribution in [-0.4, -0.2) is 51.1 Å². The summed E-state index contributed by atoms with van der Waals surface area (Å²) in [6.45, 7) is 0.930. The molecule has 1 N–H and O–H groups in total. The van der Waals surface area contributed by atoms with E-state index in [2.05, 4.69) is 5.32 Å². The van der Waals surface area contributed by atoms with E-state index in [1.54, 1.807) is 30.2 Å². The predicted octanol–water partition coefficient (Wildman–Crippen LogP) is 5.01. The number of benzene rings is 3. The molecule has 2 amide bonds. The minimum atomic E-state index is -0.353. The number of methoxy groups -OCH3 is 3. The normalized spacial score (nSPS) is 15.6. The highest BCUT2D eigenvalue weighted by atomic mass is 35.5. The number of carbonyl (C=O) groups is 2. The molecule has 1 fully saturated rings. The number of nitrogens with one attached hydrogen (secondary N) is 1. The third kappa shape index (κ3) is 4.61. The molecule has 7 nitrogen and oxygen atoms in total. The summed E-state index contributed by atoms with van der Waals surface area (Å²) in [6, 6.07) is 14.5. The van der Waals surface area contributed by atoms with Gasteiger partial charge in [0.2, 0.25) is 5.91 Å². The third-order valence-corrected chi connectivity index (χ3v) is 6.44. The van der Waals surface area contributed by atoms with Crippen LogP contribution in [-0.2, 0) is 4.79 Å². The highest BCUT2D eigenvalue weighted by Gasteiger charge is 2.30. The molecule has 1 saturated heterocycles. The van der Waals surface area contributed by atoms with Crippen molar-refractivity contribution in [1.82, 2.24) is 4.90 Å². The van der Waals surface area contributed by atoms with Gasteiger partial charge in [0.15, 0.2) is 0 Å². The molecule has 1 atom stereocenters. The molecule has 0 saturated carbocycles. The van der Waals surface area contributed by atoms with Crippen LogP contribution in [0.1, 0.15) is 23.2 Å². The molecule has 4 rings (SSSR count). The Morgan fingerprint density at radius 1 is 0.941 bits per heavy atom. The molecule has 1 heterocycles. The molecule has 8 heteroatoms. The molecule has 0 aromatic heterocycles. The van der Waals surface area contributed by atoms with Gasteiger partial charge in [-0.25, -0.2) is 0 Å². The van der Waals surface area contributed by atoms with Crippen molar-refractivity contribution in [2.45, 2.75) is 12.8 Å². The quantitative estimate of drug-likeness (QED) is 0.534. The summed E-state index contributed by atoms with van der Waals surface area (Å²) in [7, 11) is 4.63. The fraction of sp³-hybridized carbons (Fsp3) is 0.308. The lowest BCUT2D eigenvalue weighted by atomic mass is 9.95. The summed E-state index contributed by atoms with van der Waals surface area (Å²) in [5.41, 5.74) is 1.07. The van der Waals surface area contributed by atoms with Crippen molar-refractivity contribution < 1.29 is 23.8 Å². The number of carbonyl (C=O) groups excluding carboxylic acids is 2. The Morgan fingerprint density at radius 3 is 2.35 bits per heavy atom. The van der Waals surface area contributed by atoms with E-state index in [0.717, 1.165) is 22.9 Å². The maximum absolute atomic E-state index is 13.5. The number of piperidine rings is 1. The maximum atomic E-state index is 13.5. The first kappa shape index (κ1) is 23.7. The van der Waals surface area contributed by atoms with Crippen molar-refractivity contribution in [1.29, 1.82) is 0 Å². The van der Waals surface area contributed by atoms with Crippen LogP contribution in [0.25, 0.3) is 10.8 Å². The molecule has 0 aliphatic carbocycles. The van der Waals surface area contributed by atoms with Gasteiger partial charge >= 0.3 is 0 Å². The average Bonchev–Trinajstić information content (AvgIpc) is 2.88. The number of fused-ring (bicyclic) bond motifs is 1.